The van der Waals surface area contributed by atoms with E-state index in [-0.39, 0.29) is 5.56 Å². The average Bonchev–Trinajstić information content (AvgIpc) is 3.39. The van der Waals surface area contributed by atoms with Crippen LogP contribution < -0.4 is 15.2 Å². The molecule has 6 rings (SSSR count). The predicted molar refractivity (Wildman–Crippen MR) is 126 cm³/mol. The van der Waals surface area contributed by atoms with Crippen molar-refractivity contribution < 1.29 is 4.74 Å². The molecule has 1 aromatic heterocycles. The first-order chi connectivity index (χ1) is 15.6. The van der Waals surface area contributed by atoms with Crippen LogP contribution in [-0.4, -0.2) is 54.2 Å². The lowest BCUT2D eigenvalue weighted by molar-refractivity contribution is 0.214. The number of nitrogens with zero attached hydrogens (tertiary/aromatic N) is 3. The largest absolute Gasteiger partial charge is 0.497 e. The monoisotopic (exact) mass is 432 g/mol. The number of nitrogens with one attached hydrogen (secondary N) is 1. The van der Waals surface area contributed by atoms with Gasteiger partial charge in [-0.2, -0.15) is 0 Å². The van der Waals surface area contributed by atoms with Crippen LogP contribution in [0.25, 0.3) is 5.57 Å². The molecular formula is C26H32N4O2. The Labute approximate surface area is 189 Å². The third-order valence-electron chi connectivity index (χ3n) is 8.13. The van der Waals surface area contributed by atoms with Crippen LogP contribution in [0.4, 0.5) is 5.69 Å². The van der Waals surface area contributed by atoms with Crippen LogP contribution in [0.1, 0.15) is 49.2 Å². The summed E-state index contributed by atoms with van der Waals surface area (Å²) in [5.41, 5.74) is 5.04. The van der Waals surface area contributed by atoms with Crippen molar-refractivity contribution in [3.8, 4) is 5.75 Å². The number of aromatic amines is 1. The van der Waals surface area contributed by atoms with Crippen molar-refractivity contribution in [1.82, 2.24) is 14.9 Å². The lowest BCUT2D eigenvalue weighted by atomic mass is 9.84. The highest BCUT2D eigenvalue weighted by Crippen LogP contribution is 2.53. The van der Waals surface area contributed by atoms with E-state index in [1.807, 2.05) is 12.1 Å². The van der Waals surface area contributed by atoms with Crippen LogP contribution in [0.5, 0.6) is 5.75 Å². The molecule has 4 aliphatic rings. The Bertz CT molecular complexity index is 1090. The first-order valence-electron chi connectivity index (χ1n) is 12.1. The van der Waals surface area contributed by atoms with Gasteiger partial charge in [-0.25, -0.2) is 4.98 Å². The summed E-state index contributed by atoms with van der Waals surface area (Å²) >= 11 is 0. The number of ether oxygens (including phenoxy) is 1. The van der Waals surface area contributed by atoms with E-state index in [1.165, 1.54) is 30.5 Å². The maximum absolute atomic E-state index is 12.8. The molecule has 3 aliphatic carbocycles. The second-order valence-corrected chi connectivity index (χ2v) is 10.0. The normalized spacial score (nSPS) is 24.3. The summed E-state index contributed by atoms with van der Waals surface area (Å²) in [5, 5.41) is 0. The summed E-state index contributed by atoms with van der Waals surface area (Å²) in [6, 6.07) is 8.80. The van der Waals surface area contributed by atoms with Crippen LogP contribution in [0.15, 0.2) is 35.1 Å². The van der Waals surface area contributed by atoms with Crippen LogP contribution in [0, 0.1) is 5.41 Å². The minimum Gasteiger partial charge on any atom is -0.497 e. The molecule has 2 aromatic rings. The maximum Gasteiger partial charge on any atom is 0.254 e. The number of benzene rings is 1. The van der Waals surface area contributed by atoms with E-state index in [0.29, 0.717) is 11.5 Å². The van der Waals surface area contributed by atoms with Gasteiger partial charge in [-0.3, -0.25) is 9.69 Å². The third kappa shape index (κ3) is 3.64. The molecule has 2 heterocycles. The molecule has 168 valence electrons. The quantitative estimate of drug-likeness (QED) is 0.802. The Kier molecular flexibility index (Phi) is 4.86. The van der Waals surface area contributed by atoms with Crippen LogP contribution in [0.2, 0.25) is 0 Å². The smallest absolute Gasteiger partial charge is 0.254 e. The van der Waals surface area contributed by atoms with Crippen molar-refractivity contribution in [3.63, 3.8) is 0 Å². The lowest BCUT2D eigenvalue weighted by Gasteiger charge is -2.38. The van der Waals surface area contributed by atoms with Gasteiger partial charge in [0.05, 0.1) is 12.8 Å². The van der Waals surface area contributed by atoms with Gasteiger partial charge in [0, 0.05) is 43.5 Å². The molecule has 6 nitrogen and oxygen atoms in total. The second-order valence-electron chi connectivity index (χ2n) is 10.0. The van der Waals surface area contributed by atoms with Gasteiger partial charge >= 0.3 is 0 Å². The molecular weight excluding hydrogens is 400 g/mol. The number of anilines is 1. The third-order valence-corrected chi connectivity index (χ3v) is 8.13. The molecule has 1 saturated carbocycles. The first kappa shape index (κ1) is 20.0. The van der Waals surface area contributed by atoms with Crippen LogP contribution >= 0.6 is 0 Å². The molecule has 1 saturated heterocycles. The van der Waals surface area contributed by atoms with Crippen molar-refractivity contribution in [3.05, 3.63) is 57.8 Å². The van der Waals surface area contributed by atoms with E-state index in [2.05, 4.69) is 33.0 Å². The van der Waals surface area contributed by atoms with Gasteiger partial charge in [-0.1, -0.05) is 6.08 Å². The Morgan fingerprint density at radius 3 is 2.56 bits per heavy atom. The number of allylic oxidation sites excluding steroid dienone is 1. The fraction of sp³-hybridized carbons (Fsp3) is 0.538. The number of aromatic nitrogens is 2. The number of methoxy groups -OCH3 is 1. The predicted octanol–water partition coefficient (Wildman–Crippen LogP) is 3.42. The van der Waals surface area contributed by atoms with Gasteiger partial charge in [0.25, 0.3) is 5.56 Å². The number of H-pyrrole nitrogens is 1. The lowest BCUT2D eigenvalue weighted by Crippen LogP contribution is -2.49. The molecule has 0 radical (unpaired) electrons. The summed E-state index contributed by atoms with van der Waals surface area (Å²) in [5.74, 6) is 1.72. The van der Waals surface area contributed by atoms with E-state index in [4.69, 9.17) is 9.72 Å². The SMILES string of the molecule is COc1ccc(N2CCN([C@H]3C=C(c4nc5c(c(=O)[nH]4)CC4(CC5)CC4)CC3)CC2)cc1. The van der Waals surface area contributed by atoms with Gasteiger partial charge in [0.15, 0.2) is 0 Å². The molecule has 1 atom stereocenters. The van der Waals surface area contributed by atoms with Gasteiger partial charge < -0.3 is 14.6 Å². The van der Waals surface area contributed by atoms with Gasteiger partial charge in [0.2, 0.25) is 0 Å². The molecule has 1 spiro atoms. The van der Waals surface area contributed by atoms with E-state index in [9.17, 15) is 4.79 Å². The summed E-state index contributed by atoms with van der Waals surface area (Å²) < 4.78 is 5.28. The van der Waals surface area contributed by atoms with Gasteiger partial charge in [-0.05, 0) is 80.2 Å². The van der Waals surface area contributed by atoms with Gasteiger partial charge in [-0.15, -0.1) is 0 Å². The van der Waals surface area contributed by atoms with E-state index in [0.717, 1.165) is 74.7 Å². The molecule has 6 heteroatoms. The van der Waals surface area contributed by atoms with E-state index < -0.39 is 0 Å². The minimum absolute atomic E-state index is 0.105. The number of hydrogen-bond donors (Lipinski definition) is 1. The zero-order chi connectivity index (χ0) is 21.7. The minimum atomic E-state index is 0.105. The fourth-order valence-electron chi connectivity index (χ4n) is 5.83. The number of hydrogen-bond acceptors (Lipinski definition) is 5. The molecule has 0 unspecified atom stereocenters. The second kappa shape index (κ2) is 7.77. The topological polar surface area (TPSA) is 61.5 Å². The van der Waals surface area contributed by atoms with E-state index >= 15 is 0 Å². The molecule has 0 amide bonds. The van der Waals surface area contributed by atoms with Crippen molar-refractivity contribution in [2.24, 2.45) is 5.41 Å². The Hall–Kier alpha value is -2.60. The standard InChI is InChI=1S/C26H32N4O2/c1-32-21-6-4-19(5-7-21)29-12-14-30(15-13-29)20-3-2-18(16-20)24-27-23-8-9-26(10-11-26)17-22(23)25(31)28-24/h4-7,16,20H,2-3,8-15,17H2,1H3,(H,27,28,31)/t20-/m1/s1. The summed E-state index contributed by atoms with van der Waals surface area (Å²) in [7, 11) is 1.70. The van der Waals surface area contributed by atoms with Crippen molar-refractivity contribution in [1.29, 1.82) is 0 Å². The van der Waals surface area contributed by atoms with Crippen molar-refractivity contribution in [2.75, 3.05) is 38.2 Å². The number of rotatable bonds is 4. The fourth-order valence-corrected chi connectivity index (χ4v) is 5.83. The molecule has 1 aliphatic heterocycles. The van der Waals surface area contributed by atoms with Crippen molar-refractivity contribution >= 4 is 11.3 Å². The van der Waals surface area contributed by atoms with E-state index in [1.54, 1.807) is 7.11 Å². The maximum atomic E-state index is 12.8. The molecule has 2 fully saturated rings. The highest BCUT2D eigenvalue weighted by Gasteiger charge is 2.45. The highest BCUT2D eigenvalue weighted by molar-refractivity contribution is 5.63. The first-order valence-corrected chi connectivity index (χ1v) is 12.1. The highest BCUT2D eigenvalue weighted by atomic mass is 16.5. The molecule has 0 bridgehead atoms. The summed E-state index contributed by atoms with van der Waals surface area (Å²) in [6.07, 6.45) is 10.1. The molecule has 1 aromatic carbocycles. The number of aryl methyl sites for hydroxylation is 1. The van der Waals surface area contributed by atoms with Crippen LogP contribution in [0.3, 0.4) is 0 Å². The Balaban J connectivity index is 1.12. The van der Waals surface area contributed by atoms with Crippen LogP contribution in [-0.2, 0) is 12.8 Å². The Morgan fingerprint density at radius 2 is 1.84 bits per heavy atom. The average molecular weight is 433 g/mol. The summed E-state index contributed by atoms with van der Waals surface area (Å²) in [4.78, 5) is 25.9. The van der Waals surface area contributed by atoms with Crippen molar-refractivity contribution in [2.45, 2.75) is 51.0 Å². The zero-order valence-corrected chi connectivity index (χ0v) is 18.9. The Morgan fingerprint density at radius 1 is 1.06 bits per heavy atom. The molecule has 1 N–H and O–H groups in total. The zero-order valence-electron chi connectivity index (χ0n) is 18.9. The number of piperazine rings is 1. The summed E-state index contributed by atoms with van der Waals surface area (Å²) in [6.45, 7) is 4.16. The van der Waals surface area contributed by atoms with Gasteiger partial charge in [0.1, 0.15) is 11.6 Å². The molecule has 32 heavy (non-hydrogen) atoms. The number of fused-ring (bicyclic) bond motifs is 1.